The molecule has 0 aliphatic heterocycles. The Morgan fingerprint density at radius 1 is 1.38 bits per heavy atom. The quantitative estimate of drug-likeness (QED) is 0.619. The molecule has 0 bridgehead atoms. The molecule has 1 fully saturated rings. The molecule has 0 spiro atoms. The summed E-state index contributed by atoms with van der Waals surface area (Å²) >= 11 is 0. The second kappa shape index (κ2) is 6.39. The zero-order valence-corrected chi connectivity index (χ0v) is 8.89. The molecular weight excluding hydrogens is 160 g/mol. The Bertz CT molecular complexity index is 119. The average molecular weight is 184 g/mol. The van der Waals surface area contributed by atoms with E-state index >= 15 is 0 Å². The molecule has 0 radical (unpaired) electrons. The highest BCUT2D eigenvalue weighted by Gasteiger charge is 2.13. The number of nitrogens with two attached hydrogens (primary N) is 1. The lowest BCUT2D eigenvalue weighted by atomic mass is 10.0. The molecular formula is C11H24N2. The zero-order chi connectivity index (χ0) is 9.52. The largest absolute Gasteiger partial charge is 0.329 e. The molecule has 1 saturated carbocycles. The van der Waals surface area contributed by atoms with Crippen molar-refractivity contribution in [3.05, 3.63) is 0 Å². The summed E-state index contributed by atoms with van der Waals surface area (Å²) in [5.41, 5.74) is 5.51. The lowest BCUT2D eigenvalue weighted by Crippen LogP contribution is -2.33. The van der Waals surface area contributed by atoms with E-state index in [1.165, 1.54) is 38.5 Å². The Morgan fingerprint density at radius 3 is 2.69 bits per heavy atom. The van der Waals surface area contributed by atoms with Gasteiger partial charge in [0.2, 0.25) is 0 Å². The van der Waals surface area contributed by atoms with Crippen LogP contribution in [0.4, 0.5) is 0 Å². The topological polar surface area (TPSA) is 38.0 Å². The van der Waals surface area contributed by atoms with Crippen LogP contribution >= 0.6 is 0 Å². The third-order valence-electron chi connectivity index (χ3n) is 3.11. The van der Waals surface area contributed by atoms with Crippen LogP contribution in [0.25, 0.3) is 0 Å². The number of rotatable bonds is 6. The van der Waals surface area contributed by atoms with Crippen molar-refractivity contribution in [1.29, 1.82) is 0 Å². The third kappa shape index (κ3) is 4.63. The summed E-state index contributed by atoms with van der Waals surface area (Å²) in [6, 6.07) is 0.489. The highest BCUT2D eigenvalue weighted by molar-refractivity contribution is 4.68. The molecule has 0 aromatic rings. The fourth-order valence-electron chi connectivity index (χ4n) is 2.12. The summed E-state index contributed by atoms with van der Waals surface area (Å²) < 4.78 is 0. The van der Waals surface area contributed by atoms with Gasteiger partial charge in [-0.15, -0.1) is 0 Å². The molecule has 2 nitrogen and oxygen atoms in total. The van der Waals surface area contributed by atoms with E-state index in [9.17, 15) is 0 Å². The van der Waals surface area contributed by atoms with Crippen molar-refractivity contribution in [3.8, 4) is 0 Å². The van der Waals surface area contributed by atoms with E-state index in [-0.39, 0.29) is 0 Å². The standard InChI is InChI=1S/C11H24N2/c1-10(9-12)13-8-4-7-11-5-2-3-6-11/h10-11,13H,2-9,12H2,1H3/t10-/m1/s1. The summed E-state index contributed by atoms with van der Waals surface area (Å²) in [6.45, 7) is 4.05. The average Bonchev–Trinajstić information content (AvgIpc) is 2.64. The first-order valence-electron chi connectivity index (χ1n) is 5.76. The lowest BCUT2D eigenvalue weighted by Gasteiger charge is -2.12. The molecule has 3 N–H and O–H groups in total. The number of hydrogen-bond donors (Lipinski definition) is 2. The molecule has 0 saturated heterocycles. The van der Waals surface area contributed by atoms with Gasteiger partial charge in [0, 0.05) is 12.6 Å². The maximum absolute atomic E-state index is 5.51. The van der Waals surface area contributed by atoms with Gasteiger partial charge in [0.1, 0.15) is 0 Å². The van der Waals surface area contributed by atoms with Crippen LogP contribution in [0.3, 0.4) is 0 Å². The van der Waals surface area contributed by atoms with E-state index in [0.29, 0.717) is 6.04 Å². The van der Waals surface area contributed by atoms with E-state index in [1.54, 1.807) is 0 Å². The molecule has 78 valence electrons. The molecule has 0 unspecified atom stereocenters. The van der Waals surface area contributed by atoms with Crippen molar-refractivity contribution < 1.29 is 0 Å². The molecule has 2 heteroatoms. The highest BCUT2D eigenvalue weighted by atomic mass is 14.9. The molecule has 1 aliphatic rings. The maximum Gasteiger partial charge on any atom is 0.0161 e. The molecule has 0 aromatic heterocycles. The molecule has 1 atom stereocenters. The van der Waals surface area contributed by atoms with E-state index < -0.39 is 0 Å². The van der Waals surface area contributed by atoms with Gasteiger partial charge >= 0.3 is 0 Å². The summed E-state index contributed by atoms with van der Waals surface area (Å²) in [5, 5.41) is 3.43. The van der Waals surface area contributed by atoms with Gasteiger partial charge in [-0.3, -0.25) is 0 Å². The number of hydrogen-bond acceptors (Lipinski definition) is 2. The van der Waals surface area contributed by atoms with Crippen LogP contribution in [-0.2, 0) is 0 Å². The second-order valence-corrected chi connectivity index (χ2v) is 4.38. The molecule has 0 aromatic carbocycles. The predicted molar refractivity (Wildman–Crippen MR) is 57.7 cm³/mol. The SMILES string of the molecule is C[C@H](CN)NCCCC1CCCC1. The van der Waals surface area contributed by atoms with E-state index in [4.69, 9.17) is 5.73 Å². The fraction of sp³-hybridized carbons (Fsp3) is 1.00. The van der Waals surface area contributed by atoms with Crippen molar-refractivity contribution in [3.63, 3.8) is 0 Å². The minimum atomic E-state index is 0.489. The maximum atomic E-state index is 5.51. The van der Waals surface area contributed by atoms with Gasteiger partial charge in [0.15, 0.2) is 0 Å². The smallest absolute Gasteiger partial charge is 0.0161 e. The predicted octanol–water partition coefficient (Wildman–Crippen LogP) is 1.89. The highest BCUT2D eigenvalue weighted by Crippen LogP contribution is 2.28. The van der Waals surface area contributed by atoms with E-state index in [0.717, 1.165) is 19.0 Å². The molecule has 13 heavy (non-hydrogen) atoms. The van der Waals surface area contributed by atoms with Gasteiger partial charge in [-0.25, -0.2) is 0 Å². The van der Waals surface area contributed by atoms with E-state index in [2.05, 4.69) is 12.2 Å². The van der Waals surface area contributed by atoms with Gasteiger partial charge < -0.3 is 11.1 Å². The van der Waals surface area contributed by atoms with Crippen LogP contribution in [0.1, 0.15) is 45.4 Å². The summed E-state index contributed by atoms with van der Waals surface area (Å²) in [6.07, 6.45) is 8.65. The van der Waals surface area contributed by atoms with Crippen LogP contribution in [0.2, 0.25) is 0 Å². The Morgan fingerprint density at radius 2 is 2.08 bits per heavy atom. The molecule has 1 aliphatic carbocycles. The molecule has 1 rings (SSSR count). The van der Waals surface area contributed by atoms with Crippen molar-refractivity contribution in [1.82, 2.24) is 5.32 Å². The Labute approximate surface area is 82.3 Å². The van der Waals surface area contributed by atoms with Gasteiger partial charge in [-0.1, -0.05) is 25.7 Å². The minimum Gasteiger partial charge on any atom is -0.329 e. The normalized spacial score (nSPS) is 20.8. The molecule has 0 heterocycles. The summed E-state index contributed by atoms with van der Waals surface area (Å²) in [7, 11) is 0. The summed E-state index contributed by atoms with van der Waals surface area (Å²) in [5.74, 6) is 1.04. The van der Waals surface area contributed by atoms with Gasteiger partial charge in [-0.2, -0.15) is 0 Å². The first-order chi connectivity index (χ1) is 6.33. The Kier molecular flexibility index (Phi) is 5.40. The Balaban J connectivity index is 1.88. The zero-order valence-electron chi connectivity index (χ0n) is 8.89. The van der Waals surface area contributed by atoms with E-state index in [1.807, 2.05) is 0 Å². The van der Waals surface area contributed by atoms with Crippen LogP contribution in [0, 0.1) is 5.92 Å². The van der Waals surface area contributed by atoms with Crippen molar-refractivity contribution >= 4 is 0 Å². The van der Waals surface area contributed by atoms with Crippen molar-refractivity contribution in [2.45, 2.75) is 51.5 Å². The number of nitrogens with one attached hydrogen (secondary N) is 1. The molecule has 0 amide bonds. The second-order valence-electron chi connectivity index (χ2n) is 4.38. The van der Waals surface area contributed by atoms with Crippen LogP contribution in [0.5, 0.6) is 0 Å². The summed E-state index contributed by atoms with van der Waals surface area (Å²) in [4.78, 5) is 0. The first kappa shape index (κ1) is 11.0. The van der Waals surface area contributed by atoms with Crippen molar-refractivity contribution in [2.24, 2.45) is 11.7 Å². The fourth-order valence-corrected chi connectivity index (χ4v) is 2.12. The monoisotopic (exact) mass is 184 g/mol. The van der Waals surface area contributed by atoms with Crippen LogP contribution in [0.15, 0.2) is 0 Å². The van der Waals surface area contributed by atoms with Gasteiger partial charge in [0.25, 0.3) is 0 Å². The Hall–Kier alpha value is -0.0800. The van der Waals surface area contributed by atoms with Crippen LogP contribution < -0.4 is 11.1 Å². The third-order valence-corrected chi connectivity index (χ3v) is 3.11. The van der Waals surface area contributed by atoms with Crippen molar-refractivity contribution in [2.75, 3.05) is 13.1 Å². The first-order valence-corrected chi connectivity index (χ1v) is 5.76. The van der Waals surface area contributed by atoms with Gasteiger partial charge in [0.05, 0.1) is 0 Å². The minimum absolute atomic E-state index is 0.489. The lowest BCUT2D eigenvalue weighted by molar-refractivity contribution is 0.454. The van der Waals surface area contributed by atoms with Crippen LogP contribution in [-0.4, -0.2) is 19.1 Å². The van der Waals surface area contributed by atoms with Gasteiger partial charge in [-0.05, 0) is 32.2 Å².